The molecule has 0 aliphatic carbocycles. The highest BCUT2D eigenvalue weighted by Crippen LogP contribution is 2.23. The molecule has 0 saturated carbocycles. The number of benzene rings is 1. The molecule has 0 unspecified atom stereocenters. The van der Waals surface area contributed by atoms with E-state index in [1.807, 2.05) is 36.4 Å². The summed E-state index contributed by atoms with van der Waals surface area (Å²) in [5.74, 6) is 0.688. The van der Waals surface area contributed by atoms with Gasteiger partial charge in [0.05, 0.1) is 0 Å². The van der Waals surface area contributed by atoms with Gasteiger partial charge in [-0.15, -0.1) is 5.10 Å². The second-order valence-corrected chi connectivity index (χ2v) is 3.34. The topological polar surface area (TPSA) is 58.8 Å². The quantitative estimate of drug-likeness (QED) is 0.750. The summed E-state index contributed by atoms with van der Waals surface area (Å²) in [6, 6.07) is 11.1. The molecule has 2 aromatic rings. The van der Waals surface area contributed by atoms with E-state index in [1.165, 1.54) is 0 Å². The number of aromatic nitrogens is 2. The molecule has 0 bridgehead atoms. The Morgan fingerprint density at radius 1 is 1.21 bits per heavy atom. The van der Waals surface area contributed by atoms with E-state index in [4.69, 9.17) is 10.00 Å². The van der Waals surface area contributed by atoms with Gasteiger partial charge in [0.25, 0.3) is 0 Å². The lowest BCUT2D eigenvalue weighted by Gasteiger charge is -1.97. The van der Waals surface area contributed by atoms with Gasteiger partial charge in [-0.3, -0.25) is 0 Å². The Balaban J connectivity index is 2.16. The van der Waals surface area contributed by atoms with Crippen LogP contribution in [0, 0.1) is 11.3 Å². The van der Waals surface area contributed by atoms with Gasteiger partial charge in [-0.1, -0.05) is 23.3 Å². The first-order valence-electron chi connectivity index (χ1n) is 3.85. The van der Waals surface area contributed by atoms with Crippen LogP contribution in [0.4, 0.5) is 0 Å². The van der Waals surface area contributed by atoms with Gasteiger partial charge in [0.1, 0.15) is 11.8 Å². The molecule has 5 heteroatoms. The molecule has 0 radical (unpaired) electrons. The Morgan fingerprint density at radius 2 is 2.00 bits per heavy atom. The van der Waals surface area contributed by atoms with Gasteiger partial charge in [0.2, 0.25) is 5.01 Å². The summed E-state index contributed by atoms with van der Waals surface area (Å²) in [7, 11) is 0. The molecule has 1 heterocycles. The smallest absolute Gasteiger partial charge is 0.300 e. The summed E-state index contributed by atoms with van der Waals surface area (Å²) in [5, 5.41) is 16.5. The molecule has 0 aliphatic heterocycles. The van der Waals surface area contributed by atoms with Gasteiger partial charge >= 0.3 is 5.19 Å². The minimum atomic E-state index is 0.302. The van der Waals surface area contributed by atoms with Crippen LogP contribution in [0.25, 0.3) is 0 Å². The van der Waals surface area contributed by atoms with Crippen LogP contribution >= 0.6 is 11.3 Å². The van der Waals surface area contributed by atoms with Crippen LogP contribution in [0.2, 0.25) is 0 Å². The maximum Gasteiger partial charge on any atom is 0.300 e. The highest BCUT2D eigenvalue weighted by molar-refractivity contribution is 7.13. The van der Waals surface area contributed by atoms with E-state index in [1.54, 1.807) is 0 Å². The summed E-state index contributed by atoms with van der Waals surface area (Å²) in [6.07, 6.45) is 0. The molecule has 0 amide bonds. The normalized spacial score (nSPS) is 9.36. The van der Waals surface area contributed by atoms with Crippen molar-refractivity contribution in [3.63, 3.8) is 0 Å². The predicted octanol–water partition coefficient (Wildman–Crippen LogP) is 2.20. The molecule has 0 atom stereocenters. The molecule has 1 aromatic carbocycles. The zero-order valence-electron chi connectivity index (χ0n) is 7.04. The Morgan fingerprint density at radius 3 is 2.64 bits per heavy atom. The lowest BCUT2D eigenvalue weighted by atomic mass is 10.3. The van der Waals surface area contributed by atoms with Crippen molar-refractivity contribution in [3.05, 3.63) is 35.3 Å². The number of nitrogens with zero attached hydrogens (tertiary/aromatic N) is 3. The minimum absolute atomic E-state index is 0.302. The van der Waals surface area contributed by atoms with Crippen molar-refractivity contribution in [2.75, 3.05) is 0 Å². The van der Waals surface area contributed by atoms with Gasteiger partial charge in [-0.2, -0.15) is 5.26 Å². The van der Waals surface area contributed by atoms with Gasteiger partial charge in [0, 0.05) is 0 Å². The van der Waals surface area contributed by atoms with Crippen molar-refractivity contribution >= 4 is 11.3 Å². The minimum Gasteiger partial charge on any atom is -0.430 e. The fourth-order valence-corrected chi connectivity index (χ4v) is 1.40. The van der Waals surface area contributed by atoms with Crippen molar-refractivity contribution < 1.29 is 4.74 Å². The van der Waals surface area contributed by atoms with E-state index in [0.717, 1.165) is 11.3 Å². The van der Waals surface area contributed by atoms with Crippen LogP contribution in [0.5, 0.6) is 10.9 Å². The van der Waals surface area contributed by atoms with Gasteiger partial charge < -0.3 is 4.74 Å². The summed E-state index contributed by atoms with van der Waals surface area (Å²) >= 11 is 1.12. The lowest BCUT2D eigenvalue weighted by molar-refractivity contribution is 0.473. The molecular formula is C9H5N3OS. The van der Waals surface area contributed by atoms with E-state index < -0.39 is 0 Å². The van der Waals surface area contributed by atoms with E-state index in [-0.39, 0.29) is 0 Å². The molecule has 0 spiro atoms. The molecule has 0 saturated heterocycles. The van der Waals surface area contributed by atoms with Gasteiger partial charge in [0.15, 0.2) is 0 Å². The molecular weight excluding hydrogens is 198 g/mol. The lowest BCUT2D eigenvalue weighted by Crippen LogP contribution is -1.81. The Bertz CT molecular complexity index is 460. The maximum atomic E-state index is 8.52. The van der Waals surface area contributed by atoms with E-state index in [9.17, 15) is 0 Å². The van der Waals surface area contributed by atoms with Crippen LogP contribution in [0.1, 0.15) is 5.01 Å². The Kier molecular flexibility index (Phi) is 2.38. The molecule has 14 heavy (non-hydrogen) atoms. The van der Waals surface area contributed by atoms with E-state index in [2.05, 4.69) is 10.2 Å². The first kappa shape index (κ1) is 8.66. The largest absolute Gasteiger partial charge is 0.430 e. The number of hydrogen-bond donors (Lipinski definition) is 0. The Hall–Kier alpha value is -1.93. The van der Waals surface area contributed by atoms with Crippen molar-refractivity contribution in [2.45, 2.75) is 0 Å². The van der Waals surface area contributed by atoms with E-state index >= 15 is 0 Å². The summed E-state index contributed by atoms with van der Waals surface area (Å²) in [6.45, 7) is 0. The average Bonchev–Trinajstić information content (AvgIpc) is 2.67. The van der Waals surface area contributed by atoms with Gasteiger partial charge in [-0.05, 0) is 23.5 Å². The molecule has 0 N–H and O–H groups in total. The fraction of sp³-hybridized carbons (Fsp3) is 0. The zero-order valence-corrected chi connectivity index (χ0v) is 7.86. The second-order valence-electron chi connectivity index (χ2n) is 2.40. The fourth-order valence-electron chi connectivity index (χ4n) is 0.886. The highest BCUT2D eigenvalue weighted by Gasteiger charge is 2.04. The molecule has 0 fully saturated rings. The summed E-state index contributed by atoms with van der Waals surface area (Å²) in [4.78, 5) is 0. The van der Waals surface area contributed by atoms with Crippen molar-refractivity contribution in [3.8, 4) is 17.0 Å². The summed E-state index contributed by atoms with van der Waals surface area (Å²) < 4.78 is 5.35. The number of nitriles is 1. The zero-order chi connectivity index (χ0) is 9.80. The van der Waals surface area contributed by atoms with Crippen molar-refractivity contribution in [1.29, 1.82) is 5.26 Å². The first-order chi connectivity index (χ1) is 6.88. The van der Waals surface area contributed by atoms with Crippen LogP contribution in [0.15, 0.2) is 30.3 Å². The number of rotatable bonds is 2. The van der Waals surface area contributed by atoms with Crippen LogP contribution in [0.3, 0.4) is 0 Å². The number of ether oxygens (including phenoxy) is 1. The monoisotopic (exact) mass is 203 g/mol. The van der Waals surface area contributed by atoms with Crippen molar-refractivity contribution in [1.82, 2.24) is 10.2 Å². The number of hydrogen-bond acceptors (Lipinski definition) is 5. The van der Waals surface area contributed by atoms with Crippen LogP contribution < -0.4 is 4.74 Å². The first-order valence-corrected chi connectivity index (χ1v) is 4.66. The standard InChI is InChI=1S/C9H5N3OS/c10-6-8-11-12-9(14-8)13-7-4-2-1-3-5-7/h1-5H. The molecule has 4 nitrogen and oxygen atoms in total. The molecule has 68 valence electrons. The van der Waals surface area contributed by atoms with E-state index in [0.29, 0.717) is 16.0 Å². The predicted molar refractivity (Wildman–Crippen MR) is 51.1 cm³/mol. The molecule has 1 aromatic heterocycles. The highest BCUT2D eigenvalue weighted by atomic mass is 32.1. The second kappa shape index (κ2) is 3.85. The SMILES string of the molecule is N#Cc1nnc(Oc2ccccc2)s1. The summed E-state index contributed by atoms with van der Waals surface area (Å²) in [5.41, 5.74) is 0. The third kappa shape index (κ3) is 1.87. The molecule has 2 rings (SSSR count). The third-order valence-electron chi connectivity index (χ3n) is 1.45. The molecule has 0 aliphatic rings. The average molecular weight is 203 g/mol. The van der Waals surface area contributed by atoms with Crippen LogP contribution in [-0.4, -0.2) is 10.2 Å². The van der Waals surface area contributed by atoms with Gasteiger partial charge in [-0.25, -0.2) is 0 Å². The number of para-hydroxylation sites is 1. The van der Waals surface area contributed by atoms with Crippen LogP contribution in [-0.2, 0) is 0 Å². The Labute approximate surface area is 84.4 Å². The van der Waals surface area contributed by atoms with Crippen molar-refractivity contribution in [2.24, 2.45) is 0 Å². The maximum absolute atomic E-state index is 8.52. The third-order valence-corrected chi connectivity index (χ3v) is 2.16.